The largest absolute Gasteiger partial charge is 0.396 e. The van der Waals surface area contributed by atoms with Crippen LogP contribution < -0.4 is 4.72 Å². The average Bonchev–Trinajstić information content (AvgIpc) is 2.43. The number of hydrogen-bond donors (Lipinski definition) is 2. The van der Waals surface area contributed by atoms with Crippen LogP contribution in [0.4, 0.5) is 5.69 Å². The van der Waals surface area contributed by atoms with Crippen molar-refractivity contribution in [3.05, 3.63) is 26.7 Å². The molecule has 2 N–H and O–H groups in total. The Labute approximate surface area is 142 Å². The zero-order chi connectivity index (χ0) is 15.6. The predicted octanol–water partition coefficient (Wildman–Crippen LogP) is 3.12. The number of hydrogen-bond acceptors (Lipinski definition) is 3. The van der Waals surface area contributed by atoms with Crippen LogP contribution in [0.2, 0.25) is 10.0 Å². The fourth-order valence-corrected chi connectivity index (χ4v) is 5.03. The molecular weight excluding hydrogens is 403 g/mol. The number of benzene rings is 1. The maximum absolute atomic E-state index is 12.4. The highest BCUT2D eigenvalue weighted by atomic mass is 79.9. The number of nitrogens with one attached hydrogen (secondary N) is 1. The molecule has 9 heteroatoms. The Kier molecular flexibility index (Phi) is 5.78. The molecule has 21 heavy (non-hydrogen) atoms. The Balaban J connectivity index is 2.22. The van der Waals surface area contributed by atoms with Crippen LogP contribution in [0, 0.1) is 5.92 Å². The zero-order valence-corrected chi connectivity index (χ0v) is 14.9. The van der Waals surface area contributed by atoms with E-state index >= 15 is 0 Å². The molecule has 118 valence electrons. The third kappa shape index (κ3) is 4.24. The molecule has 0 spiro atoms. The van der Waals surface area contributed by atoms with Gasteiger partial charge in [0.25, 0.3) is 0 Å². The van der Waals surface area contributed by atoms with Crippen LogP contribution in [0.3, 0.4) is 0 Å². The molecule has 2 rings (SSSR count). The topological polar surface area (TPSA) is 69.6 Å². The molecule has 1 saturated heterocycles. The Hall–Kier alpha value is -0.0500. The molecule has 0 amide bonds. The number of aliphatic hydroxyl groups is 1. The van der Waals surface area contributed by atoms with Gasteiger partial charge in [-0.1, -0.05) is 39.1 Å². The normalized spacial score (nSPS) is 20.5. The van der Waals surface area contributed by atoms with Crippen molar-refractivity contribution in [2.24, 2.45) is 5.92 Å². The number of rotatable bonds is 4. The second-order valence-corrected chi connectivity index (χ2v) is 8.30. The van der Waals surface area contributed by atoms with Gasteiger partial charge in [0.1, 0.15) is 0 Å². The van der Waals surface area contributed by atoms with E-state index in [9.17, 15) is 13.5 Å². The Morgan fingerprint density at radius 3 is 2.57 bits per heavy atom. The molecule has 1 aliphatic heterocycles. The minimum Gasteiger partial charge on any atom is -0.396 e. The lowest BCUT2D eigenvalue weighted by Crippen LogP contribution is -2.43. The quantitative estimate of drug-likeness (QED) is 0.790. The van der Waals surface area contributed by atoms with Gasteiger partial charge in [0.05, 0.1) is 15.7 Å². The van der Waals surface area contributed by atoms with Gasteiger partial charge in [0.2, 0.25) is 0 Å². The lowest BCUT2D eigenvalue weighted by atomic mass is 10.0. The standard InChI is InChI=1S/C12H15BrCl2N2O3S/c13-9-4-10(14)12(11(15)5-9)16-21(19,20)17-3-1-2-8(6-17)7-18/h4-5,8,16,18H,1-3,6-7H2. The summed E-state index contributed by atoms with van der Waals surface area (Å²) in [6.07, 6.45) is 1.54. The minimum absolute atomic E-state index is 0.0220. The molecule has 0 radical (unpaired) electrons. The molecule has 1 aromatic rings. The third-order valence-electron chi connectivity index (χ3n) is 3.32. The minimum atomic E-state index is -3.75. The van der Waals surface area contributed by atoms with Crippen LogP contribution in [-0.2, 0) is 10.2 Å². The van der Waals surface area contributed by atoms with Gasteiger partial charge in [-0.2, -0.15) is 12.7 Å². The molecule has 1 fully saturated rings. The van der Waals surface area contributed by atoms with Gasteiger partial charge in [-0.3, -0.25) is 4.72 Å². The van der Waals surface area contributed by atoms with Crippen LogP contribution in [-0.4, -0.2) is 37.5 Å². The molecule has 1 unspecified atom stereocenters. The van der Waals surface area contributed by atoms with E-state index in [1.807, 2.05) is 0 Å². The van der Waals surface area contributed by atoms with Crippen molar-refractivity contribution in [3.8, 4) is 0 Å². The lowest BCUT2D eigenvalue weighted by molar-refractivity contribution is 0.166. The molecule has 5 nitrogen and oxygen atoms in total. The third-order valence-corrected chi connectivity index (χ3v) is 5.85. The summed E-state index contributed by atoms with van der Waals surface area (Å²) in [5.74, 6) is -0.0359. The number of piperidine rings is 1. The first-order valence-electron chi connectivity index (χ1n) is 6.37. The van der Waals surface area contributed by atoms with Crippen molar-refractivity contribution in [3.63, 3.8) is 0 Å². The van der Waals surface area contributed by atoms with Crippen molar-refractivity contribution in [2.45, 2.75) is 12.8 Å². The van der Waals surface area contributed by atoms with E-state index in [1.54, 1.807) is 12.1 Å². The number of anilines is 1. The van der Waals surface area contributed by atoms with Crippen LogP contribution >= 0.6 is 39.1 Å². The molecule has 0 aliphatic carbocycles. The Morgan fingerprint density at radius 2 is 2.00 bits per heavy atom. The van der Waals surface area contributed by atoms with E-state index in [-0.39, 0.29) is 34.8 Å². The van der Waals surface area contributed by atoms with Gasteiger partial charge in [0.15, 0.2) is 0 Å². The predicted molar refractivity (Wildman–Crippen MR) is 88.1 cm³/mol. The second kappa shape index (κ2) is 7.02. The Bertz CT molecular complexity index is 604. The van der Waals surface area contributed by atoms with Crippen LogP contribution in [0.25, 0.3) is 0 Å². The fourth-order valence-electron chi connectivity index (χ4n) is 2.23. The molecule has 0 saturated carbocycles. The molecule has 1 atom stereocenters. The summed E-state index contributed by atoms with van der Waals surface area (Å²) in [5, 5.41) is 9.63. The highest BCUT2D eigenvalue weighted by Crippen LogP contribution is 2.35. The maximum atomic E-state index is 12.4. The van der Waals surface area contributed by atoms with E-state index in [0.717, 1.165) is 6.42 Å². The fraction of sp³-hybridized carbons (Fsp3) is 0.500. The molecule has 1 heterocycles. The maximum Gasteiger partial charge on any atom is 0.301 e. The second-order valence-electron chi connectivity index (χ2n) is 4.90. The number of halogens is 3. The monoisotopic (exact) mass is 416 g/mol. The van der Waals surface area contributed by atoms with Crippen molar-refractivity contribution >= 4 is 55.0 Å². The van der Waals surface area contributed by atoms with Gasteiger partial charge in [-0.05, 0) is 30.9 Å². The highest BCUT2D eigenvalue weighted by Gasteiger charge is 2.29. The first kappa shape index (κ1) is 17.3. The van der Waals surface area contributed by atoms with Crippen molar-refractivity contribution in [1.29, 1.82) is 0 Å². The zero-order valence-electron chi connectivity index (χ0n) is 11.0. The van der Waals surface area contributed by atoms with Crippen LogP contribution in [0.1, 0.15) is 12.8 Å². The van der Waals surface area contributed by atoms with Gasteiger partial charge in [-0.25, -0.2) is 0 Å². The van der Waals surface area contributed by atoms with Crippen molar-refractivity contribution in [1.82, 2.24) is 4.31 Å². The molecule has 1 aromatic carbocycles. The summed E-state index contributed by atoms with van der Waals surface area (Å²) in [6.45, 7) is 0.682. The van der Waals surface area contributed by atoms with Crippen molar-refractivity contribution < 1.29 is 13.5 Å². The number of nitrogens with zero attached hydrogens (tertiary/aromatic N) is 1. The van der Waals surface area contributed by atoms with Gasteiger partial charge >= 0.3 is 10.2 Å². The van der Waals surface area contributed by atoms with Gasteiger partial charge in [-0.15, -0.1) is 0 Å². The smallest absolute Gasteiger partial charge is 0.301 e. The van der Waals surface area contributed by atoms with E-state index in [0.29, 0.717) is 17.4 Å². The SMILES string of the molecule is O=S(=O)(Nc1c(Cl)cc(Br)cc1Cl)N1CCCC(CO)C1. The van der Waals surface area contributed by atoms with Crippen LogP contribution in [0.5, 0.6) is 0 Å². The highest BCUT2D eigenvalue weighted by molar-refractivity contribution is 9.10. The molecule has 1 aliphatic rings. The summed E-state index contributed by atoms with van der Waals surface area (Å²) >= 11 is 15.3. The van der Waals surface area contributed by atoms with Gasteiger partial charge < -0.3 is 5.11 Å². The van der Waals surface area contributed by atoms with Crippen molar-refractivity contribution in [2.75, 3.05) is 24.4 Å². The first-order valence-corrected chi connectivity index (χ1v) is 9.35. The summed E-state index contributed by atoms with van der Waals surface area (Å²) in [4.78, 5) is 0. The average molecular weight is 418 g/mol. The Morgan fingerprint density at radius 1 is 1.38 bits per heavy atom. The van der Waals surface area contributed by atoms with Crippen LogP contribution in [0.15, 0.2) is 16.6 Å². The first-order chi connectivity index (χ1) is 9.83. The van der Waals surface area contributed by atoms with E-state index in [1.165, 1.54) is 4.31 Å². The van der Waals surface area contributed by atoms with E-state index in [2.05, 4.69) is 20.7 Å². The van der Waals surface area contributed by atoms with E-state index < -0.39 is 10.2 Å². The molecular formula is C12H15BrCl2N2O3S. The van der Waals surface area contributed by atoms with E-state index in [4.69, 9.17) is 23.2 Å². The van der Waals surface area contributed by atoms with Gasteiger partial charge in [0, 0.05) is 24.2 Å². The lowest BCUT2D eigenvalue weighted by Gasteiger charge is -2.31. The summed E-state index contributed by atoms with van der Waals surface area (Å²) in [6, 6.07) is 3.13. The number of aliphatic hydroxyl groups excluding tert-OH is 1. The molecule has 0 bridgehead atoms. The summed E-state index contributed by atoms with van der Waals surface area (Å²) in [5.41, 5.74) is 0.160. The summed E-state index contributed by atoms with van der Waals surface area (Å²) < 4.78 is 29.2. The summed E-state index contributed by atoms with van der Waals surface area (Å²) in [7, 11) is -3.75. The molecule has 0 aromatic heterocycles.